The van der Waals surface area contributed by atoms with Crippen LogP contribution in [0.3, 0.4) is 0 Å². The van der Waals surface area contributed by atoms with Gasteiger partial charge in [-0.2, -0.15) is 0 Å². The van der Waals surface area contributed by atoms with E-state index in [-0.39, 0.29) is 5.56 Å². The maximum atomic E-state index is 12.3. The van der Waals surface area contributed by atoms with Gasteiger partial charge in [0.2, 0.25) is 10.8 Å². The van der Waals surface area contributed by atoms with Gasteiger partial charge in [-0.25, -0.2) is 4.79 Å². The molecule has 128 valence electrons. The van der Waals surface area contributed by atoms with Crippen LogP contribution in [0.5, 0.6) is 0 Å². The smallest absolute Gasteiger partial charge is 0.331 e. The monoisotopic (exact) mass is 354 g/mol. The minimum absolute atomic E-state index is 0.256. The SMILES string of the molecule is O=c1ccn([C@]2(c3ccccc3)O[C@H](CO)[C@@H](O)[C@]2(O)Cl)c(=O)[nH]1. The summed E-state index contributed by atoms with van der Waals surface area (Å²) in [7, 11) is 0. The average Bonchev–Trinajstić information content (AvgIpc) is 2.76. The van der Waals surface area contributed by atoms with E-state index >= 15 is 0 Å². The van der Waals surface area contributed by atoms with Crippen molar-refractivity contribution in [3.8, 4) is 0 Å². The quantitative estimate of drug-likeness (QED) is 0.519. The minimum atomic E-state index is -2.48. The maximum Gasteiger partial charge on any atom is 0.331 e. The molecule has 8 nitrogen and oxygen atoms in total. The van der Waals surface area contributed by atoms with E-state index in [1.54, 1.807) is 18.2 Å². The van der Waals surface area contributed by atoms with Crippen LogP contribution in [0.2, 0.25) is 0 Å². The second-order valence-electron chi connectivity index (χ2n) is 5.45. The van der Waals surface area contributed by atoms with Gasteiger partial charge in [-0.3, -0.25) is 14.3 Å². The zero-order valence-corrected chi connectivity index (χ0v) is 13.1. The normalized spacial score (nSPS) is 32.8. The Labute approximate surface area is 140 Å². The molecular weight excluding hydrogens is 340 g/mol. The fourth-order valence-electron chi connectivity index (χ4n) is 2.91. The number of ether oxygens (including phenoxy) is 1. The number of hydrogen-bond acceptors (Lipinski definition) is 6. The Bertz CT molecular complexity index is 849. The summed E-state index contributed by atoms with van der Waals surface area (Å²) in [6.07, 6.45) is -1.83. The van der Waals surface area contributed by atoms with Gasteiger partial charge < -0.3 is 20.1 Å². The number of H-pyrrole nitrogens is 1. The topological polar surface area (TPSA) is 125 Å². The number of rotatable bonds is 3. The second-order valence-corrected chi connectivity index (χ2v) is 6.02. The summed E-state index contributed by atoms with van der Waals surface area (Å²) in [6.45, 7) is -0.636. The maximum absolute atomic E-state index is 12.3. The van der Waals surface area contributed by atoms with Crippen LogP contribution in [-0.2, 0) is 10.5 Å². The third-order valence-electron chi connectivity index (χ3n) is 4.05. The molecule has 0 spiro atoms. The summed E-state index contributed by atoms with van der Waals surface area (Å²) in [4.78, 5) is 25.7. The summed E-state index contributed by atoms with van der Waals surface area (Å²) in [5.74, 6) is 0. The molecule has 2 aromatic rings. The molecule has 2 heterocycles. The molecule has 0 amide bonds. The summed E-state index contributed by atoms with van der Waals surface area (Å²) in [5.41, 5.74) is -3.33. The Kier molecular flexibility index (Phi) is 4.10. The molecule has 0 radical (unpaired) electrons. The molecule has 0 aliphatic carbocycles. The van der Waals surface area contributed by atoms with Crippen molar-refractivity contribution in [2.24, 2.45) is 0 Å². The first-order chi connectivity index (χ1) is 11.3. The predicted molar refractivity (Wildman–Crippen MR) is 83.6 cm³/mol. The van der Waals surface area contributed by atoms with E-state index < -0.39 is 40.8 Å². The van der Waals surface area contributed by atoms with Gasteiger partial charge in [0, 0.05) is 17.8 Å². The first kappa shape index (κ1) is 16.9. The Morgan fingerprint density at radius 1 is 1.25 bits per heavy atom. The predicted octanol–water partition coefficient (Wildman–Crippen LogP) is -1.08. The van der Waals surface area contributed by atoms with Crippen LogP contribution in [0, 0.1) is 0 Å². The second kappa shape index (κ2) is 5.83. The van der Waals surface area contributed by atoms with E-state index in [0.29, 0.717) is 0 Å². The van der Waals surface area contributed by atoms with Gasteiger partial charge in [0.25, 0.3) is 5.56 Å². The van der Waals surface area contributed by atoms with E-state index in [4.69, 9.17) is 16.3 Å². The largest absolute Gasteiger partial charge is 0.394 e. The molecule has 24 heavy (non-hydrogen) atoms. The molecular formula is C15H15ClN2O6. The van der Waals surface area contributed by atoms with Crippen molar-refractivity contribution in [1.82, 2.24) is 9.55 Å². The summed E-state index contributed by atoms with van der Waals surface area (Å²) < 4.78 is 6.56. The molecule has 1 fully saturated rings. The number of alkyl halides is 1. The summed E-state index contributed by atoms with van der Waals surface area (Å²) >= 11 is 6.21. The van der Waals surface area contributed by atoms with Crippen LogP contribution >= 0.6 is 11.6 Å². The highest BCUT2D eigenvalue weighted by atomic mass is 35.5. The Morgan fingerprint density at radius 2 is 1.92 bits per heavy atom. The highest BCUT2D eigenvalue weighted by molar-refractivity contribution is 6.24. The molecule has 0 bridgehead atoms. The zero-order chi connectivity index (χ0) is 17.5. The van der Waals surface area contributed by atoms with Crippen molar-refractivity contribution < 1.29 is 20.1 Å². The third kappa shape index (κ3) is 2.23. The third-order valence-corrected chi connectivity index (χ3v) is 4.53. The van der Waals surface area contributed by atoms with Gasteiger partial charge in [-0.05, 0) is 0 Å². The molecule has 0 saturated carbocycles. The van der Waals surface area contributed by atoms with Crippen LogP contribution < -0.4 is 11.2 Å². The molecule has 3 rings (SSSR count). The number of nitrogens with zero attached hydrogens (tertiary/aromatic N) is 1. The summed E-state index contributed by atoms with van der Waals surface area (Å²) in [5, 5.41) is 28.0. The molecule has 9 heteroatoms. The van der Waals surface area contributed by atoms with Crippen molar-refractivity contribution in [2.75, 3.05) is 6.61 Å². The van der Waals surface area contributed by atoms with Gasteiger partial charge in [0.15, 0.2) is 0 Å². The first-order valence-corrected chi connectivity index (χ1v) is 7.48. The van der Waals surface area contributed by atoms with Crippen LogP contribution in [0.1, 0.15) is 5.56 Å². The summed E-state index contributed by atoms with van der Waals surface area (Å²) in [6, 6.07) is 9.09. The van der Waals surface area contributed by atoms with Crippen LogP contribution in [0.15, 0.2) is 52.2 Å². The van der Waals surface area contributed by atoms with Crippen LogP contribution in [0.4, 0.5) is 0 Å². The first-order valence-electron chi connectivity index (χ1n) is 7.10. The Morgan fingerprint density at radius 3 is 2.46 bits per heavy atom. The number of aliphatic hydroxyl groups is 3. The molecule has 4 atom stereocenters. The van der Waals surface area contributed by atoms with E-state index in [0.717, 1.165) is 16.8 Å². The van der Waals surface area contributed by atoms with Gasteiger partial charge in [0.1, 0.15) is 12.2 Å². The number of aromatic nitrogens is 2. The number of benzene rings is 1. The fourth-order valence-corrected chi connectivity index (χ4v) is 3.30. The molecule has 1 aromatic carbocycles. The van der Waals surface area contributed by atoms with Gasteiger partial charge in [-0.1, -0.05) is 41.9 Å². The highest BCUT2D eigenvalue weighted by Gasteiger charge is 2.67. The highest BCUT2D eigenvalue weighted by Crippen LogP contribution is 2.49. The van der Waals surface area contributed by atoms with Gasteiger partial charge in [0.05, 0.1) is 6.61 Å². The van der Waals surface area contributed by atoms with E-state index in [9.17, 15) is 24.9 Å². The van der Waals surface area contributed by atoms with Crippen molar-refractivity contribution in [3.63, 3.8) is 0 Å². The van der Waals surface area contributed by atoms with E-state index in [2.05, 4.69) is 4.98 Å². The van der Waals surface area contributed by atoms with Crippen molar-refractivity contribution >= 4 is 11.6 Å². The molecule has 1 aliphatic rings. The minimum Gasteiger partial charge on any atom is -0.394 e. The number of aromatic amines is 1. The Hall–Kier alpha value is -1.97. The molecule has 0 unspecified atom stereocenters. The zero-order valence-electron chi connectivity index (χ0n) is 12.3. The van der Waals surface area contributed by atoms with E-state index in [1.807, 2.05) is 0 Å². The van der Waals surface area contributed by atoms with E-state index in [1.165, 1.54) is 12.1 Å². The Balaban J connectivity index is 2.35. The van der Waals surface area contributed by atoms with Crippen LogP contribution in [-0.4, -0.2) is 48.7 Å². The van der Waals surface area contributed by atoms with Gasteiger partial charge >= 0.3 is 5.69 Å². The molecule has 1 aliphatic heterocycles. The standard InChI is InChI=1S/C15H15ClN2O6/c16-14(23)12(21)10(8-19)24-15(14,9-4-2-1-3-5-9)18-7-6-11(20)17-13(18)22/h1-7,10,12,19,21,23H,8H2,(H,17,20,22)/t10-,12-,14-,15-/m1/s1. The van der Waals surface area contributed by atoms with Crippen LogP contribution in [0.25, 0.3) is 0 Å². The molecule has 1 saturated heterocycles. The van der Waals surface area contributed by atoms with Crippen molar-refractivity contribution in [3.05, 3.63) is 69.0 Å². The molecule has 1 aromatic heterocycles. The fraction of sp³-hybridized carbons (Fsp3) is 0.333. The lowest BCUT2D eigenvalue weighted by Gasteiger charge is -2.38. The number of halogens is 1. The lowest BCUT2D eigenvalue weighted by Crippen LogP contribution is -2.58. The lowest BCUT2D eigenvalue weighted by atomic mass is 9.93. The van der Waals surface area contributed by atoms with Crippen molar-refractivity contribution in [2.45, 2.75) is 23.0 Å². The number of nitrogens with one attached hydrogen (secondary N) is 1. The lowest BCUT2D eigenvalue weighted by molar-refractivity contribution is -0.135. The number of aliphatic hydroxyl groups excluding tert-OH is 2. The van der Waals surface area contributed by atoms with Crippen molar-refractivity contribution in [1.29, 1.82) is 0 Å². The van der Waals surface area contributed by atoms with Gasteiger partial charge in [-0.15, -0.1) is 0 Å². The number of hydrogen-bond donors (Lipinski definition) is 4. The molecule has 4 N–H and O–H groups in total. The average molecular weight is 355 g/mol.